The molecule has 33 heavy (non-hydrogen) atoms. The zero-order chi connectivity index (χ0) is 23.8. The standard InChI is InChI=1S/C25H22Cl2N2O4/c1-16(23(30)28-21-14-19(26)13-20(27)15-21)33-25(32)22(12-17-8-4-2-5-9-17)29-24(31)18-10-6-3-7-11-18/h2-11,13-16,22H,12H2,1H3,(H,28,30)(H,29,31). The van der Waals surface area contributed by atoms with Crippen LogP contribution in [0.25, 0.3) is 0 Å². The van der Waals surface area contributed by atoms with Crippen LogP contribution < -0.4 is 10.6 Å². The summed E-state index contributed by atoms with van der Waals surface area (Å²) in [6.07, 6.45) is -0.918. The van der Waals surface area contributed by atoms with Gasteiger partial charge in [0, 0.05) is 27.7 Å². The van der Waals surface area contributed by atoms with Crippen molar-refractivity contribution < 1.29 is 19.1 Å². The van der Waals surface area contributed by atoms with Crippen molar-refractivity contribution in [2.45, 2.75) is 25.5 Å². The molecule has 0 spiro atoms. The summed E-state index contributed by atoms with van der Waals surface area (Å²) in [6, 6.07) is 21.3. The van der Waals surface area contributed by atoms with Gasteiger partial charge in [0.1, 0.15) is 6.04 Å². The van der Waals surface area contributed by atoms with Crippen molar-refractivity contribution in [2.24, 2.45) is 0 Å². The molecule has 0 heterocycles. The molecule has 0 radical (unpaired) electrons. The van der Waals surface area contributed by atoms with E-state index >= 15 is 0 Å². The normalized spacial score (nSPS) is 12.3. The van der Waals surface area contributed by atoms with Gasteiger partial charge in [0.15, 0.2) is 6.10 Å². The van der Waals surface area contributed by atoms with Crippen molar-refractivity contribution >= 4 is 46.7 Å². The van der Waals surface area contributed by atoms with Gasteiger partial charge in [0.2, 0.25) is 0 Å². The van der Waals surface area contributed by atoms with Crippen molar-refractivity contribution in [3.8, 4) is 0 Å². The van der Waals surface area contributed by atoms with Crippen LogP contribution in [0.2, 0.25) is 10.0 Å². The van der Waals surface area contributed by atoms with Crippen LogP contribution in [-0.4, -0.2) is 29.9 Å². The van der Waals surface area contributed by atoms with E-state index in [0.29, 0.717) is 21.3 Å². The number of amides is 2. The van der Waals surface area contributed by atoms with Crippen LogP contribution in [0, 0.1) is 0 Å². The maximum Gasteiger partial charge on any atom is 0.329 e. The van der Waals surface area contributed by atoms with E-state index in [0.717, 1.165) is 5.56 Å². The van der Waals surface area contributed by atoms with Crippen molar-refractivity contribution in [1.29, 1.82) is 0 Å². The van der Waals surface area contributed by atoms with Gasteiger partial charge in [-0.05, 0) is 42.8 Å². The molecule has 0 aliphatic rings. The Balaban J connectivity index is 1.70. The van der Waals surface area contributed by atoms with Crippen molar-refractivity contribution in [1.82, 2.24) is 5.32 Å². The molecule has 3 aromatic rings. The summed E-state index contributed by atoms with van der Waals surface area (Å²) in [6.45, 7) is 1.44. The number of carbonyl (C=O) groups excluding carboxylic acids is 3. The highest BCUT2D eigenvalue weighted by molar-refractivity contribution is 6.35. The number of carbonyl (C=O) groups is 3. The van der Waals surface area contributed by atoms with Crippen LogP contribution in [0.1, 0.15) is 22.8 Å². The summed E-state index contributed by atoms with van der Waals surface area (Å²) in [5.41, 5.74) is 1.61. The molecule has 6 nitrogen and oxygen atoms in total. The Labute approximate surface area is 201 Å². The first-order chi connectivity index (χ1) is 15.8. The van der Waals surface area contributed by atoms with Crippen LogP contribution in [-0.2, 0) is 20.7 Å². The van der Waals surface area contributed by atoms with E-state index in [-0.39, 0.29) is 6.42 Å². The number of anilines is 1. The Morgan fingerprint density at radius 2 is 1.45 bits per heavy atom. The van der Waals surface area contributed by atoms with E-state index in [1.807, 2.05) is 30.3 Å². The van der Waals surface area contributed by atoms with Gasteiger partial charge in [-0.2, -0.15) is 0 Å². The molecule has 2 N–H and O–H groups in total. The second kappa shape index (κ2) is 11.5. The minimum atomic E-state index is -1.12. The number of halogens is 2. The Morgan fingerprint density at radius 1 is 0.879 bits per heavy atom. The van der Waals surface area contributed by atoms with E-state index < -0.39 is 29.9 Å². The summed E-state index contributed by atoms with van der Waals surface area (Å²) < 4.78 is 5.38. The fourth-order valence-electron chi connectivity index (χ4n) is 3.05. The van der Waals surface area contributed by atoms with Crippen LogP contribution in [0.5, 0.6) is 0 Å². The Kier molecular flexibility index (Phi) is 8.46. The maximum atomic E-state index is 12.9. The fraction of sp³-hybridized carbons (Fsp3) is 0.160. The molecule has 0 saturated carbocycles. The minimum Gasteiger partial charge on any atom is -0.451 e. The Hall–Kier alpha value is -3.35. The number of benzene rings is 3. The second-order valence-corrected chi connectivity index (χ2v) is 8.18. The SMILES string of the molecule is CC(OC(=O)C(Cc1ccccc1)NC(=O)c1ccccc1)C(=O)Nc1cc(Cl)cc(Cl)c1. The topological polar surface area (TPSA) is 84.5 Å². The quantitative estimate of drug-likeness (QED) is 0.445. The van der Waals surface area contributed by atoms with Crippen LogP contribution >= 0.6 is 23.2 Å². The number of nitrogens with one attached hydrogen (secondary N) is 2. The molecule has 2 atom stereocenters. The van der Waals surface area contributed by atoms with Gasteiger partial charge >= 0.3 is 5.97 Å². The second-order valence-electron chi connectivity index (χ2n) is 7.31. The van der Waals surface area contributed by atoms with E-state index in [9.17, 15) is 14.4 Å². The molecule has 0 aromatic heterocycles. The Morgan fingerprint density at radius 3 is 2.06 bits per heavy atom. The molecular weight excluding hydrogens is 463 g/mol. The number of hydrogen-bond acceptors (Lipinski definition) is 4. The van der Waals surface area contributed by atoms with Gasteiger partial charge in [-0.25, -0.2) is 4.79 Å². The fourth-order valence-corrected chi connectivity index (χ4v) is 3.58. The highest BCUT2D eigenvalue weighted by atomic mass is 35.5. The predicted molar refractivity (Wildman–Crippen MR) is 128 cm³/mol. The minimum absolute atomic E-state index is 0.205. The lowest BCUT2D eigenvalue weighted by molar-refractivity contribution is -0.155. The highest BCUT2D eigenvalue weighted by Gasteiger charge is 2.27. The first kappa shape index (κ1) is 24.3. The van der Waals surface area contributed by atoms with Crippen LogP contribution in [0.4, 0.5) is 5.69 Å². The molecule has 2 amide bonds. The molecule has 0 aliphatic heterocycles. The monoisotopic (exact) mass is 484 g/mol. The molecule has 0 saturated heterocycles. The Bertz CT molecular complexity index is 1100. The average molecular weight is 485 g/mol. The van der Waals surface area contributed by atoms with Gasteiger partial charge in [0.25, 0.3) is 11.8 Å². The first-order valence-corrected chi connectivity index (χ1v) is 10.9. The molecule has 0 aliphatic carbocycles. The summed E-state index contributed by atoms with van der Waals surface area (Å²) in [4.78, 5) is 38.1. The molecule has 3 aromatic carbocycles. The van der Waals surface area contributed by atoms with Gasteiger partial charge in [-0.1, -0.05) is 71.7 Å². The van der Waals surface area contributed by atoms with E-state index in [1.165, 1.54) is 25.1 Å². The average Bonchev–Trinajstić information content (AvgIpc) is 2.79. The highest BCUT2D eigenvalue weighted by Crippen LogP contribution is 2.22. The predicted octanol–water partition coefficient (Wildman–Crippen LogP) is 4.90. The lowest BCUT2D eigenvalue weighted by Crippen LogP contribution is -2.45. The molecule has 2 unspecified atom stereocenters. The molecule has 0 fully saturated rings. The van der Waals surface area contributed by atoms with E-state index in [1.54, 1.807) is 30.3 Å². The molecule has 170 valence electrons. The van der Waals surface area contributed by atoms with Gasteiger partial charge in [-0.15, -0.1) is 0 Å². The van der Waals surface area contributed by atoms with Crippen molar-refractivity contribution in [2.75, 3.05) is 5.32 Å². The number of hydrogen-bond donors (Lipinski definition) is 2. The van der Waals surface area contributed by atoms with E-state index in [4.69, 9.17) is 27.9 Å². The van der Waals surface area contributed by atoms with E-state index in [2.05, 4.69) is 10.6 Å². The van der Waals surface area contributed by atoms with Crippen LogP contribution in [0.15, 0.2) is 78.9 Å². The summed E-state index contributed by atoms with van der Waals surface area (Å²) in [7, 11) is 0. The lowest BCUT2D eigenvalue weighted by atomic mass is 10.1. The van der Waals surface area contributed by atoms with Crippen molar-refractivity contribution in [3.05, 3.63) is 100 Å². The first-order valence-electron chi connectivity index (χ1n) is 10.2. The third-order valence-electron chi connectivity index (χ3n) is 4.70. The van der Waals surface area contributed by atoms with Crippen molar-refractivity contribution in [3.63, 3.8) is 0 Å². The smallest absolute Gasteiger partial charge is 0.329 e. The third kappa shape index (κ3) is 7.34. The van der Waals surface area contributed by atoms with Gasteiger partial charge < -0.3 is 15.4 Å². The lowest BCUT2D eigenvalue weighted by Gasteiger charge is -2.21. The summed E-state index contributed by atoms with van der Waals surface area (Å²) in [5.74, 6) is -1.71. The summed E-state index contributed by atoms with van der Waals surface area (Å²) >= 11 is 11.9. The zero-order valence-corrected chi connectivity index (χ0v) is 19.3. The van der Waals surface area contributed by atoms with Gasteiger partial charge in [0.05, 0.1) is 0 Å². The molecule has 8 heteroatoms. The molecule has 0 bridgehead atoms. The van der Waals surface area contributed by atoms with Gasteiger partial charge in [-0.3, -0.25) is 9.59 Å². The zero-order valence-electron chi connectivity index (χ0n) is 17.8. The summed E-state index contributed by atoms with van der Waals surface area (Å²) in [5, 5.41) is 6.03. The largest absolute Gasteiger partial charge is 0.451 e. The maximum absolute atomic E-state index is 12.9. The number of rotatable bonds is 8. The third-order valence-corrected chi connectivity index (χ3v) is 5.14. The van der Waals surface area contributed by atoms with Crippen LogP contribution in [0.3, 0.4) is 0 Å². The molecule has 3 rings (SSSR count). The number of esters is 1. The molecular formula is C25H22Cl2N2O4. The number of ether oxygens (including phenoxy) is 1.